The van der Waals surface area contributed by atoms with Crippen LogP contribution < -0.4 is 4.90 Å². The van der Waals surface area contributed by atoms with Crippen LogP contribution in [0.2, 0.25) is 10.0 Å². The van der Waals surface area contributed by atoms with Crippen molar-refractivity contribution in [1.29, 1.82) is 0 Å². The van der Waals surface area contributed by atoms with E-state index in [0.29, 0.717) is 22.3 Å². The van der Waals surface area contributed by atoms with Crippen LogP contribution in [0.25, 0.3) is 0 Å². The smallest absolute Gasteiger partial charge is 0.232 e. The average molecular weight is 337 g/mol. The molecule has 0 aliphatic rings. The summed E-state index contributed by atoms with van der Waals surface area (Å²) in [6.45, 7) is 5.98. The van der Waals surface area contributed by atoms with E-state index >= 15 is 0 Å². The van der Waals surface area contributed by atoms with Gasteiger partial charge in [-0.1, -0.05) is 56.1 Å². The summed E-state index contributed by atoms with van der Waals surface area (Å²) in [5.74, 6) is -0.0497. The number of anilines is 1. The Morgan fingerprint density at radius 3 is 2.27 bits per heavy atom. The third-order valence-electron chi connectivity index (χ3n) is 3.16. The van der Waals surface area contributed by atoms with E-state index < -0.39 is 5.41 Å². The van der Waals surface area contributed by atoms with Gasteiger partial charge in [-0.3, -0.25) is 9.78 Å². The van der Waals surface area contributed by atoms with Crippen molar-refractivity contribution in [3.63, 3.8) is 0 Å². The molecule has 0 bridgehead atoms. The van der Waals surface area contributed by atoms with E-state index in [9.17, 15) is 4.79 Å². The lowest BCUT2D eigenvalue weighted by Crippen LogP contribution is -2.39. The first-order valence-corrected chi connectivity index (χ1v) is 7.71. The fourth-order valence-corrected chi connectivity index (χ4v) is 2.68. The molecule has 0 aliphatic carbocycles. The van der Waals surface area contributed by atoms with Gasteiger partial charge in [0.25, 0.3) is 0 Å². The van der Waals surface area contributed by atoms with Crippen molar-refractivity contribution >= 4 is 34.8 Å². The SMILES string of the molecule is CC(C)(C)C(=O)N(Cc1cccnc1)c1c(Cl)cccc1Cl. The Hall–Kier alpha value is -1.58. The quantitative estimate of drug-likeness (QED) is 0.792. The molecule has 1 aromatic heterocycles. The number of amides is 1. The lowest BCUT2D eigenvalue weighted by Gasteiger charge is -2.31. The van der Waals surface area contributed by atoms with Gasteiger partial charge in [0.1, 0.15) is 0 Å². The van der Waals surface area contributed by atoms with Crippen LogP contribution in [-0.2, 0) is 11.3 Å². The molecule has 0 saturated carbocycles. The molecule has 1 heterocycles. The molecule has 2 aromatic rings. The van der Waals surface area contributed by atoms with Gasteiger partial charge in [0.15, 0.2) is 0 Å². The molecule has 0 radical (unpaired) electrons. The fraction of sp³-hybridized carbons (Fsp3) is 0.294. The molecule has 0 spiro atoms. The molecule has 0 fully saturated rings. The Labute approximate surface area is 140 Å². The third-order valence-corrected chi connectivity index (χ3v) is 3.77. The van der Waals surface area contributed by atoms with Crippen molar-refractivity contribution in [2.45, 2.75) is 27.3 Å². The Morgan fingerprint density at radius 1 is 1.14 bits per heavy atom. The zero-order chi connectivity index (χ0) is 16.3. The van der Waals surface area contributed by atoms with Gasteiger partial charge in [-0.25, -0.2) is 0 Å². The lowest BCUT2D eigenvalue weighted by molar-refractivity contribution is -0.125. The summed E-state index contributed by atoms with van der Waals surface area (Å²) < 4.78 is 0. The van der Waals surface area contributed by atoms with Crippen LogP contribution in [0.15, 0.2) is 42.7 Å². The second-order valence-corrected chi connectivity index (χ2v) is 6.89. The van der Waals surface area contributed by atoms with Crippen molar-refractivity contribution in [2.75, 3.05) is 4.90 Å². The van der Waals surface area contributed by atoms with Crippen LogP contribution >= 0.6 is 23.2 Å². The Balaban J connectivity index is 2.49. The Bertz CT molecular complexity index is 646. The molecule has 0 aliphatic heterocycles. The molecular formula is C17H18Cl2N2O. The lowest BCUT2D eigenvalue weighted by atomic mass is 9.94. The summed E-state index contributed by atoms with van der Waals surface area (Å²) in [6, 6.07) is 8.98. The number of hydrogen-bond acceptors (Lipinski definition) is 2. The van der Waals surface area contributed by atoms with Gasteiger partial charge in [-0.2, -0.15) is 0 Å². The maximum atomic E-state index is 12.9. The summed E-state index contributed by atoms with van der Waals surface area (Å²) in [6.07, 6.45) is 3.43. The summed E-state index contributed by atoms with van der Waals surface area (Å²) >= 11 is 12.6. The van der Waals surface area contributed by atoms with Crippen molar-refractivity contribution in [3.05, 3.63) is 58.3 Å². The van der Waals surface area contributed by atoms with Crippen LogP contribution in [0.1, 0.15) is 26.3 Å². The zero-order valence-corrected chi connectivity index (χ0v) is 14.3. The number of hydrogen-bond donors (Lipinski definition) is 0. The number of pyridine rings is 1. The minimum atomic E-state index is -0.551. The molecule has 3 nitrogen and oxygen atoms in total. The normalized spacial score (nSPS) is 11.3. The van der Waals surface area contributed by atoms with Gasteiger partial charge in [-0.15, -0.1) is 0 Å². The third kappa shape index (κ3) is 3.79. The van der Waals surface area contributed by atoms with Gasteiger partial charge in [0.2, 0.25) is 5.91 Å². The minimum Gasteiger partial charge on any atom is -0.305 e. The van der Waals surface area contributed by atoms with Crippen LogP contribution in [-0.4, -0.2) is 10.9 Å². The van der Waals surface area contributed by atoms with Crippen molar-refractivity contribution in [1.82, 2.24) is 4.98 Å². The second kappa shape index (κ2) is 6.67. The highest BCUT2D eigenvalue weighted by molar-refractivity contribution is 6.40. The number of carbonyl (C=O) groups is 1. The number of benzene rings is 1. The van der Waals surface area contributed by atoms with Gasteiger partial charge in [-0.05, 0) is 23.8 Å². The predicted octanol–water partition coefficient (Wildman–Crippen LogP) is 4.97. The molecule has 5 heteroatoms. The standard InChI is InChI=1S/C17H18Cl2N2O/c1-17(2,3)16(22)21(11-12-6-5-9-20-10-12)15-13(18)7-4-8-14(15)19/h4-10H,11H2,1-3H3. The molecule has 116 valence electrons. The molecule has 1 aromatic carbocycles. The summed E-state index contributed by atoms with van der Waals surface area (Å²) in [4.78, 5) is 18.6. The van der Waals surface area contributed by atoms with E-state index in [1.165, 1.54) is 0 Å². The van der Waals surface area contributed by atoms with Gasteiger partial charge in [0.05, 0.1) is 22.3 Å². The number of para-hydroxylation sites is 1. The van der Waals surface area contributed by atoms with Gasteiger partial charge < -0.3 is 4.90 Å². The highest BCUT2D eigenvalue weighted by atomic mass is 35.5. The second-order valence-electron chi connectivity index (χ2n) is 6.07. The summed E-state index contributed by atoms with van der Waals surface area (Å²) in [5, 5.41) is 0.906. The molecule has 2 rings (SSSR count). The van der Waals surface area contributed by atoms with E-state index in [1.54, 1.807) is 35.5 Å². The van der Waals surface area contributed by atoms with E-state index in [-0.39, 0.29) is 5.91 Å². The van der Waals surface area contributed by atoms with Gasteiger partial charge in [0, 0.05) is 17.8 Å². The molecule has 0 unspecified atom stereocenters. The first-order chi connectivity index (χ1) is 10.3. The maximum absolute atomic E-state index is 12.9. The van der Waals surface area contributed by atoms with E-state index in [1.807, 2.05) is 32.9 Å². The summed E-state index contributed by atoms with van der Waals surface area (Å²) in [7, 11) is 0. The van der Waals surface area contributed by atoms with Crippen molar-refractivity contribution in [3.8, 4) is 0 Å². The molecule has 0 saturated heterocycles. The van der Waals surface area contributed by atoms with Crippen LogP contribution in [0, 0.1) is 5.41 Å². The number of carbonyl (C=O) groups excluding carboxylic acids is 1. The first-order valence-electron chi connectivity index (χ1n) is 6.95. The van der Waals surface area contributed by atoms with Crippen LogP contribution in [0.4, 0.5) is 5.69 Å². The molecule has 0 N–H and O–H groups in total. The maximum Gasteiger partial charge on any atom is 0.232 e. The van der Waals surface area contributed by atoms with Crippen molar-refractivity contribution < 1.29 is 4.79 Å². The first kappa shape index (κ1) is 16.8. The van der Waals surface area contributed by atoms with E-state index in [0.717, 1.165) is 5.56 Å². The predicted molar refractivity (Wildman–Crippen MR) is 91.3 cm³/mol. The molecule has 22 heavy (non-hydrogen) atoms. The zero-order valence-electron chi connectivity index (χ0n) is 12.8. The number of nitrogens with zero attached hydrogens (tertiary/aromatic N) is 2. The highest BCUT2D eigenvalue weighted by Crippen LogP contribution is 2.36. The Kier molecular flexibility index (Phi) is 5.09. The highest BCUT2D eigenvalue weighted by Gasteiger charge is 2.30. The average Bonchev–Trinajstić information content (AvgIpc) is 2.45. The number of halogens is 2. The fourth-order valence-electron chi connectivity index (χ4n) is 2.08. The summed E-state index contributed by atoms with van der Waals surface area (Å²) in [5.41, 5.74) is 0.899. The molecule has 1 amide bonds. The van der Waals surface area contributed by atoms with Crippen LogP contribution in [0.3, 0.4) is 0 Å². The number of aromatic nitrogens is 1. The van der Waals surface area contributed by atoms with Gasteiger partial charge >= 0.3 is 0 Å². The molecule has 0 atom stereocenters. The van der Waals surface area contributed by atoms with E-state index in [2.05, 4.69) is 4.98 Å². The molecular weight excluding hydrogens is 319 g/mol. The van der Waals surface area contributed by atoms with E-state index in [4.69, 9.17) is 23.2 Å². The number of rotatable bonds is 3. The van der Waals surface area contributed by atoms with Crippen molar-refractivity contribution in [2.24, 2.45) is 5.41 Å². The topological polar surface area (TPSA) is 33.2 Å². The minimum absolute atomic E-state index is 0.0497. The monoisotopic (exact) mass is 336 g/mol. The Morgan fingerprint density at radius 2 is 1.77 bits per heavy atom. The van der Waals surface area contributed by atoms with Crippen LogP contribution in [0.5, 0.6) is 0 Å². The largest absolute Gasteiger partial charge is 0.305 e.